The lowest BCUT2D eigenvalue weighted by Gasteiger charge is -2.14. The van der Waals surface area contributed by atoms with Crippen LogP contribution in [-0.2, 0) is 0 Å². The number of hydrogen-bond donors (Lipinski definition) is 1. The fourth-order valence-electron chi connectivity index (χ4n) is 2.93. The van der Waals surface area contributed by atoms with Gasteiger partial charge in [-0.05, 0) is 43.7 Å². The normalized spacial score (nSPS) is 18.7. The average Bonchev–Trinajstić information content (AvgIpc) is 3.17. The summed E-state index contributed by atoms with van der Waals surface area (Å²) < 4.78 is 2.18. The molecule has 1 N–H and O–H groups in total. The topological polar surface area (TPSA) is 42.7 Å². The Kier molecular flexibility index (Phi) is 2.74. The Morgan fingerprint density at radius 3 is 3.15 bits per heavy atom. The number of rotatable bonds is 2. The molecular formula is C16H16N4. The first kappa shape index (κ1) is 11.6. The molecule has 1 aliphatic rings. The number of pyridine rings is 1. The molecule has 3 aromatic rings. The van der Waals surface area contributed by atoms with Crippen molar-refractivity contribution in [3.63, 3.8) is 0 Å². The zero-order valence-electron chi connectivity index (χ0n) is 11.2. The fourth-order valence-corrected chi connectivity index (χ4v) is 2.93. The lowest BCUT2D eigenvalue weighted by atomic mass is 10.1. The SMILES string of the molecule is c1cnc2ccc(-n3cncc3[C@@H]3CCCN3)cc2c1. The van der Waals surface area contributed by atoms with Gasteiger partial charge in [-0.1, -0.05) is 6.07 Å². The summed E-state index contributed by atoms with van der Waals surface area (Å²) in [4.78, 5) is 8.70. The molecule has 0 amide bonds. The van der Waals surface area contributed by atoms with E-state index in [4.69, 9.17) is 0 Å². The van der Waals surface area contributed by atoms with Gasteiger partial charge in [0.2, 0.25) is 0 Å². The largest absolute Gasteiger partial charge is 0.309 e. The molecule has 2 aromatic heterocycles. The minimum atomic E-state index is 0.419. The standard InChI is InChI=1S/C16H16N4/c1-3-12-9-13(5-6-14(12)18-7-1)20-11-17-10-16(20)15-4-2-8-19-15/h1,3,5-7,9-11,15,19H,2,4,8H2/t15-/m0/s1. The molecule has 4 rings (SSSR count). The van der Waals surface area contributed by atoms with E-state index in [1.165, 1.54) is 18.5 Å². The fraction of sp³-hybridized carbons (Fsp3) is 0.250. The molecule has 0 aliphatic carbocycles. The molecule has 4 nitrogen and oxygen atoms in total. The Hall–Kier alpha value is -2.20. The van der Waals surface area contributed by atoms with Gasteiger partial charge in [-0.3, -0.25) is 4.98 Å². The number of benzene rings is 1. The van der Waals surface area contributed by atoms with Gasteiger partial charge in [-0.15, -0.1) is 0 Å². The van der Waals surface area contributed by atoms with E-state index in [0.717, 1.165) is 23.1 Å². The maximum atomic E-state index is 4.37. The molecule has 1 saturated heterocycles. The Labute approximate surface area is 117 Å². The molecule has 0 spiro atoms. The first-order valence-electron chi connectivity index (χ1n) is 7.02. The summed E-state index contributed by atoms with van der Waals surface area (Å²) in [6.45, 7) is 1.09. The summed E-state index contributed by atoms with van der Waals surface area (Å²) in [5, 5.41) is 4.69. The van der Waals surface area contributed by atoms with Crippen molar-refractivity contribution in [1.29, 1.82) is 0 Å². The van der Waals surface area contributed by atoms with Crippen LogP contribution in [0.4, 0.5) is 0 Å². The van der Waals surface area contributed by atoms with Crippen LogP contribution in [-0.4, -0.2) is 21.1 Å². The van der Waals surface area contributed by atoms with Gasteiger partial charge in [0, 0.05) is 23.3 Å². The Morgan fingerprint density at radius 1 is 1.25 bits per heavy atom. The highest BCUT2D eigenvalue weighted by molar-refractivity contribution is 5.80. The number of nitrogens with zero attached hydrogens (tertiary/aromatic N) is 3. The summed E-state index contributed by atoms with van der Waals surface area (Å²) in [6.07, 6.45) is 8.11. The van der Waals surface area contributed by atoms with Crippen molar-refractivity contribution in [1.82, 2.24) is 19.9 Å². The monoisotopic (exact) mass is 264 g/mol. The van der Waals surface area contributed by atoms with Crippen molar-refractivity contribution >= 4 is 10.9 Å². The lowest BCUT2D eigenvalue weighted by molar-refractivity contribution is 0.615. The number of imidazole rings is 1. The summed E-state index contributed by atoms with van der Waals surface area (Å²) >= 11 is 0. The molecule has 1 atom stereocenters. The van der Waals surface area contributed by atoms with E-state index < -0.39 is 0 Å². The van der Waals surface area contributed by atoms with E-state index in [-0.39, 0.29) is 0 Å². The van der Waals surface area contributed by atoms with E-state index in [0.29, 0.717) is 6.04 Å². The molecule has 100 valence electrons. The highest BCUT2D eigenvalue weighted by Crippen LogP contribution is 2.26. The molecule has 4 heteroatoms. The van der Waals surface area contributed by atoms with Crippen molar-refractivity contribution in [3.05, 3.63) is 54.7 Å². The van der Waals surface area contributed by atoms with Crippen molar-refractivity contribution in [2.45, 2.75) is 18.9 Å². The van der Waals surface area contributed by atoms with E-state index in [1.54, 1.807) is 0 Å². The van der Waals surface area contributed by atoms with E-state index in [2.05, 4.69) is 44.1 Å². The van der Waals surface area contributed by atoms with Crippen molar-refractivity contribution < 1.29 is 0 Å². The zero-order valence-corrected chi connectivity index (χ0v) is 11.2. The van der Waals surface area contributed by atoms with Crippen molar-refractivity contribution in [2.24, 2.45) is 0 Å². The number of nitrogens with one attached hydrogen (secondary N) is 1. The second-order valence-electron chi connectivity index (χ2n) is 5.22. The minimum Gasteiger partial charge on any atom is -0.309 e. The molecular weight excluding hydrogens is 248 g/mol. The van der Waals surface area contributed by atoms with Crippen LogP contribution < -0.4 is 5.32 Å². The number of aromatic nitrogens is 3. The Bertz CT molecular complexity index is 741. The number of hydrogen-bond acceptors (Lipinski definition) is 3. The molecule has 3 heterocycles. The van der Waals surface area contributed by atoms with Gasteiger partial charge >= 0.3 is 0 Å². The third kappa shape index (κ3) is 1.89. The van der Waals surface area contributed by atoms with Gasteiger partial charge in [0.05, 0.1) is 23.7 Å². The van der Waals surface area contributed by atoms with Gasteiger partial charge < -0.3 is 9.88 Å². The molecule has 1 aliphatic heterocycles. The van der Waals surface area contributed by atoms with Crippen LogP contribution in [0, 0.1) is 0 Å². The highest BCUT2D eigenvalue weighted by Gasteiger charge is 2.20. The highest BCUT2D eigenvalue weighted by atomic mass is 15.1. The third-order valence-electron chi connectivity index (χ3n) is 3.95. The van der Waals surface area contributed by atoms with Crippen LogP contribution in [0.15, 0.2) is 49.1 Å². The van der Waals surface area contributed by atoms with Crippen LogP contribution in [0.2, 0.25) is 0 Å². The summed E-state index contributed by atoms with van der Waals surface area (Å²) in [5.41, 5.74) is 3.41. The minimum absolute atomic E-state index is 0.419. The maximum absolute atomic E-state index is 4.37. The second kappa shape index (κ2) is 4.72. The first-order valence-corrected chi connectivity index (χ1v) is 7.02. The van der Waals surface area contributed by atoms with Gasteiger partial charge in [0.15, 0.2) is 0 Å². The van der Waals surface area contributed by atoms with Crippen LogP contribution in [0.3, 0.4) is 0 Å². The lowest BCUT2D eigenvalue weighted by Crippen LogP contribution is -2.16. The molecule has 0 bridgehead atoms. The molecule has 0 unspecified atom stereocenters. The maximum Gasteiger partial charge on any atom is 0.0994 e. The Balaban J connectivity index is 1.80. The zero-order chi connectivity index (χ0) is 13.4. The first-order chi connectivity index (χ1) is 9.92. The van der Waals surface area contributed by atoms with Crippen molar-refractivity contribution in [3.8, 4) is 5.69 Å². The van der Waals surface area contributed by atoms with E-state index in [1.807, 2.05) is 24.8 Å². The quantitative estimate of drug-likeness (QED) is 0.774. The molecule has 0 radical (unpaired) electrons. The predicted octanol–water partition coefficient (Wildman–Crippen LogP) is 2.85. The predicted molar refractivity (Wildman–Crippen MR) is 78.8 cm³/mol. The van der Waals surface area contributed by atoms with Crippen LogP contribution in [0.1, 0.15) is 24.6 Å². The van der Waals surface area contributed by atoms with Crippen LogP contribution in [0.25, 0.3) is 16.6 Å². The van der Waals surface area contributed by atoms with E-state index in [9.17, 15) is 0 Å². The van der Waals surface area contributed by atoms with Gasteiger partial charge in [0.1, 0.15) is 0 Å². The Morgan fingerprint density at radius 2 is 2.25 bits per heavy atom. The molecule has 1 fully saturated rings. The van der Waals surface area contributed by atoms with Gasteiger partial charge in [0.25, 0.3) is 0 Å². The molecule has 20 heavy (non-hydrogen) atoms. The van der Waals surface area contributed by atoms with E-state index >= 15 is 0 Å². The average molecular weight is 264 g/mol. The summed E-state index contributed by atoms with van der Waals surface area (Å²) in [6, 6.07) is 10.8. The van der Waals surface area contributed by atoms with Gasteiger partial charge in [-0.2, -0.15) is 0 Å². The van der Waals surface area contributed by atoms with Crippen molar-refractivity contribution in [2.75, 3.05) is 6.54 Å². The molecule has 1 aromatic carbocycles. The van der Waals surface area contributed by atoms with Crippen LogP contribution >= 0.6 is 0 Å². The number of fused-ring (bicyclic) bond motifs is 1. The van der Waals surface area contributed by atoms with Gasteiger partial charge in [-0.25, -0.2) is 4.98 Å². The second-order valence-corrected chi connectivity index (χ2v) is 5.22. The molecule has 0 saturated carbocycles. The summed E-state index contributed by atoms with van der Waals surface area (Å²) in [5.74, 6) is 0. The summed E-state index contributed by atoms with van der Waals surface area (Å²) in [7, 11) is 0. The third-order valence-corrected chi connectivity index (χ3v) is 3.95. The smallest absolute Gasteiger partial charge is 0.0994 e. The van der Waals surface area contributed by atoms with Crippen LogP contribution in [0.5, 0.6) is 0 Å².